The van der Waals surface area contributed by atoms with Crippen molar-refractivity contribution in [3.63, 3.8) is 0 Å². The summed E-state index contributed by atoms with van der Waals surface area (Å²) in [5, 5.41) is 3.31. The Kier molecular flexibility index (Phi) is 4.83. The second-order valence-electron chi connectivity index (χ2n) is 5.74. The molecule has 2 rings (SSSR count). The number of hydrogen-bond donors (Lipinski definition) is 1. The maximum Gasteiger partial charge on any atom is 0.270 e. The van der Waals surface area contributed by atoms with E-state index < -0.39 is 0 Å². The molecule has 0 saturated heterocycles. The minimum atomic E-state index is 0.144. The normalized spacial score (nSPS) is 11.2. The SMILES string of the molecule is CCCCn1[nH]c(-c2ccccc2)c(CC(C)C)c1=O. The summed E-state index contributed by atoms with van der Waals surface area (Å²) in [5.41, 5.74) is 3.14. The lowest BCUT2D eigenvalue weighted by Gasteiger charge is -2.04. The minimum Gasteiger partial charge on any atom is -0.295 e. The molecule has 1 N–H and O–H groups in total. The third kappa shape index (κ3) is 3.21. The number of hydrogen-bond acceptors (Lipinski definition) is 1. The Morgan fingerprint density at radius 2 is 1.90 bits per heavy atom. The molecule has 0 aliphatic rings. The summed E-state index contributed by atoms with van der Waals surface area (Å²) in [7, 11) is 0. The lowest BCUT2D eigenvalue weighted by atomic mass is 10.00. The minimum absolute atomic E-state index is 0.144. The lowest BCUT2D eigenvalue weighted by Crippen LogP contribution is -2.20. The second kappa shape index (κ2) is 6.60. The van der Waals surface area contributed by atoms with Crippen molar-refractivity contribution in [3.05, 3.63) is 46.2 Å². The number of H-pyrrole nitrogens is 1. The van der Waals surface area contributed by atoms with E-state index in [1.807, 2.05) is 18.2 Å². The van der Waals surface area contributed by atoms with E-state index in [2.05, 4.69) is 38.0 Å². The van der Waals surface area contributed by atoms with Crippen molar-refractivity contribution < 1.29 is 0 Å². The molecule has 1 heterocycles. The number of benzene rings is 1. The largest absolute Gasteiger partial charge is 0.295 e. The summed E-state index contributed by atoms with van der Waals surface area (Å²) in [6.45, 7) is 7.21. The van der Waals surface area contributed by atoms with Crippen LogP contribution in [-0.4, -0.2) is 9.78 Å². The first-order chi connectivity index (χ1) is 9.63. The van der Waals surface area contributed by atoms with E-state index in [0.717, 1.165) is 42.6 Å². The van der Waals surface area contributed by atoms with Crippen LogP contribution in [0.25, 0.3) is 11.3 Å². The molecule has 0 saturated carbocycles. The standard InChI is InChI=1S/C17H24N2O/c1-4-5-11-19-17(20)15(12-13(2)3)16(18-19)14-9-7-6-8-10-14/h6-10,13,18H,4-5,11-12H2,1-3H3. The Morgan fingerprint density at radius 1 is 1.20 bits per heavy atom. The van der Waals surface area contributed by atoms with Gasteiger partial charge in [0.25, 0.3) is 5.56 Å². The Hall–Kier alpha value is -1.77. The zero-order chi connectivity index (χ0) is 14.5. The molecule has 3 nitrogen and oxygen atoms in total. The summed E-state index contributed by atoms with van der Waals surface area (Å²) in [5.74, 6) is 0.473. The molecule has 1 aromatic carbocycles. The maximum absolute atomic E-state index is 12.5. The molecule has 0 aliphatic heterocycles. The molecule has 0 atom stereocenters. The third-order valence-corrected chi connectivity index (χ3v) is 3.46. The number of nitrogens with zero attached hydrogens (tertiary/aromatic N) is 1. The molecule has 0 aliphatic carbocycles. The fourth-order valence-electron chi connectivity index (χ4n) is 2.44. The maximum atomic E-state index is 12.5. The Balaban J connectivity index is 2.46. The quantitative estimate of drug-likeness (QED) is 0.852. The highest BCUT2D eigenvalue weighted by molar-refractivity contribution is 5.62. The molecule has 2 aromatic rings. The van der Waals surface area contributed by atoms with E-state index in [0.29, 0.717) is 5.92 Å². The first-order valence-electron chi connectivity index (χ1n) is 7.50. The zero-order valence-corrected chi connectivity index (χ0v) is 12.6. The van der Waals surface area contributed by atoms with Crippen LogP contribution in [-0.2, 0) is 13.0 Å². The van der Waals surface area contributed by atoms with Gasteiger partial charge in [-0.2, -0.15) is 0 Å². The zero-order valence-electron chi connectivity index (χ0n) is 12.6. The van der Waals surface area contributed by atoms with Crippen molar-refractivity contribution in [2.75, 3.05) is 0 Å². The van der Waals surface area contributed by atoms with Gasteiger partial charge in [-0.3, -0.25) is 14.6 Å². The van der Waals surface area contributed by atoms with E-state index in [1.54, 1.807) is 4.68 Å². The highest BCUT2D eigenvalue weighted by Crippen LogP contribution is 2.21. The number of aromatic nitrogens is 2. The smallest absolute Gasteiger partial charge is 0.270 e. The average Bonchev–Trinajstić information content (AvgIpc) is 2.74. The van der Waals surface area contributed by atoms with Crippen LogP contribution in [0.2, 0.25) is 0 Å². The van der Waals surface area contributed by atoms with Gasteiger partial charge in [-0.1, -0.05) is 57.5 Å². The van der Waals surface area contributed by atoms with Gasteiger partial charge in [0.2, 0.25) is 0 Å². The molecule has 20 heavy (non-hydrogen) atoms. The van der Waals surface area contributed by atoms with Gasteiger partial charge >= 0.3 is 0 Å². The number of unbranched alkanes of at least 4 members (excludes halogenated alkanes) is 1. The van der Waals surface area contributed by atoms with Gasteiger partial charge in [0.1, 0.15) is 0 Å². The van der Waals surface area contributed by atoms with Gasteiger partial charge in [0, 0.05) is 12.1 Å². The van der Waals surface area contributed by atoms with E-state index >= 15 is 0 Å². The molecular formula is C17H24N2O. The molecule has 0 amide bonds. The topological polar surface area (TPSA) is 37.8 Å². The van der Waals surface area contributed by atoms with Gasteiger partial charge in [-0.15, -0.1) is 0 Å². The first kappa shape index (κ1) is 14.6. The number of aromatic amines is 1. The third-order valence-electron chi connectivity index (χ3n) is 3.46. The summed E-state index contributed by atoms with van der Waals surface area (Å²) in [4.78, 5) is 12.5. The molecule has 0 unspecified atom stereocenters. The van der Waals surface area contributed by atoms with Crippen LogP contribution >= 0.6 is 0 Å². The highest BCUT2D eigenvalue weighted by atomic mass is 16.1. The summed E-state index contributed by atoms with van der Waals surface area (Å²) in [6, 6.07) is 10.1. The fraction of sp³-hybridized carbons (Fsp3) is 0.471. The Bertz CT molecular complexity index is 593. The second-order valence-corrected chi connectivity index (χ2v) is 5.74. The molecule has 108 valence electrons. The summed E-state index contributed by atoms with van der Waals surface area (Å²) < 4.78 is 1.77. The van der Waals surface area contributed by atoms with Gasteiger partial charge in [-0.25, -0.2) is 0 Å². The van der Waals surface area contributed by atoms with Crippen LogP contribution in [0.3, 0.4) is 0 Å². The van der Waals surface area contributed by atoms with Gasteiger partial charge < -0.3 is 0 Å². The van der Waals surface area contributed by atoms with Crippen molar-refractivity contribution in [1.82, 2.24) is 9.78 Å². The van der Waals surface area contributed by atoms with Crippen LogP contribution in [0, 0.1) is 5.92 Å². The lowest BCUT2D eigenvalue weighted by molar-refractivity contribution is 0.555. The molecule has 0 spiro atoms. The van der Waals surface area contributed by atoms with Crippen LogP contribution in [0.1, 0.15) is 39.2 Å². The predicted octanol–water partition coefficient (Wildman–Crippen LogP) is 3.84. The molecule has 3 heteroatoms. The molecule has 0 fully saturated rings. The number of rotatable bonds is 6. The van der Waals surface area contributed by atoms with Gasteiger partial charge in [-0.05, 0) is 24.3 Å². The molecular weight excluding hydrogens is 248 g/mol. The van der Waals surface area contributed by atoms with E-state index in [1.165, 1.54) is 0 Å². The monoisotopic (exact) mass is 272 g/mol. The van der Waals surface area contributed by atoms with Crippen molar-refractivity contribution in [1.29, 1.82) is 0 Å². The van der Waals surface area contributed by atoms with Crippen LogP contribution in [0.15, 0.2) is 35.1 Å². The summed E-state index contributed by atoms with van der Waals surface area (Å²) in [6.07, 6.45) is 2.93. The summed E-state index contributed by atoms with van der Waals surface area (Å²) >= 11 is 0. The van der Waals surface area contributed by atoms with E-state index in [9.17, 15) is 4.79 Å². The Morgan fingerprint density at radius 3 is 2.50 bits per heavy atom. The van der Waals surface area contributed by atoms with E-state index in [-0.39, 0.29) is 5.56 Å². The van der Waals surface area contributed by atoms with Gasteiger partial charge in [0.05, 0.1) is 5.69 Å². The molecule has 0 bridgehead atoms. The van der Waals surface area contributed by atoms with Crippen molar-refractivity contribution in [2.45, 2.75) is 46.6 Å². The molecule has 0 radical (unpaired) electrons. The van der Waals surface area contributed by atoms with Gasteiger partial charge in [0.15, 0.2) is 0 Å². The Labute approximate surface area is 120 Å². The highest BCUT2D eigenvalue weighted by Gasteiger charge is 2.16. The number of aryl methyl sites for hydroxylation is 1. The fourth-order valence-corrected chi connectivity index (χ4v) is 2.44. The van der Waals surface area contributed by atoms with Crippen molar-refractivity contribution >= 4 is 0 Å². The van der Waals surface area contributed by atoms with Crippen LogP contribution < -0.4 is 5.56 Å². The number of nitrogens with one attached hydrogen (secondary N) is 1. The molecule has 1 aromatic heterocycles. The first-order valence-corrected chi connectivity index (χ1v) is 7.50. The van der Waals surface area contributed by atoms with Crippen molar-refractivity contribution in [2.24, 2.45) is 5.92 Å². The average molecular weight is 272 g/mol. The van der Waals surface area contributed by atoms with Crippen molar-refractivity contribution in [3.8, 4) is 11.3 Å². The predicted molar refractivity (Wildman–Crippen MR) is 83.9 cm³/mol. The van der Waals surface area contributed by atoms with Crippen LogP contribution in [0.4, 0.5) is 0 Å². The van der Waals surface area contributed by atoms with Crippen LogP contribution in [0.5, 0.6) is 0 Å². The van der Waals surface area contributed by atoms with E-state index in [4.69, 9.17) is 0 Å².